The molecule has 0 fully saturated rings. The predicted octanol–water partition coefficient (Wildman–Crippen LogP) is 2.77. The van der Waals surface area contributed by atoms with Crippen LogP contribution in [-0.4, -0.2) is 25.5 Å². The highest BCUT2D eigenvalue weighted by Gasteiger charge is 2.18. The van der Waals surface area contributed by atoms with Crippen LogP contribution in [0.5, 0.6) is 0 Å². The molecule has 1 N–H and O–H groups in total. The zero-order valence-electron chi connectivity index (χ0n) is 15.0. The molecule has 6 heteroatoms. The van der Waals surface area contributed by atoms with Gasteiger partial charge >= 0.3 is 0 Å². The van der Waals surface area contributed by atoms with E-state index in [1.807, 2.05) is 73.7 Å². The van der Waals surface area contributed by atoms with Crippen molar-refractivity contribution in [2.24, 2.45) is 7.05 Å². The summed E-state index contributed by atoms with van der Waals surface area (Å²) in [7, 11) is 1.92. The molecule has 1 amide bonds. The third-order valence-corrected chi connectivity index (χ3v) is 4.44. The van der Waals surface area contributed by atoms with E-state index in [4.69, 9.17) is 0 Å². The second kappa shape index (κ2) is 6.93. The first-order valence-corrected chi connectivity index (χ1v) is 8.33. The van der Waals surface area contributed by atoms with E-state index in [1.54, 1.807) is 6.20 Å². The number of rotatable bonds is 5. The van der Waals surface area contributed by atoms with Gasteiger partial charge in [0.15, 0.2) is 0 Å². The van der Waals surface area contributed by atoms with Gasteiger partial charge in [-0.1, -0.05) is 12.1 Å². The highest BCUT2D eigenvalue weighted by Crippen LogP contribution is 2.21. The van der Waals surface area contributed by atoms with Crippen molar-refractivity contribution in [3.05, 3.63) is 70.8 Å². The fraction of sp³-hybridized carbons (Fsp3) is 0.316. The summed E-state index contributed by atoms with van der Waals surface area (Å²) in [5.41, 5.74) is 4.77. The molecule has 3 aromatic rings. The molecule has 0 aliphatic carbocycles. The summed E-state index contributed by atoms with van der Waals surface area (Å²) >= 11 is 0. The lowest BCUT2D eigenvalue weighted by Gasteiger charge is -2.15. The number of aromatic nitrogens is 4. The van der Waals surface area contributed by atoms with Gasteiger partial charge < -0.3 is 5.32 Å². The zero-order valence-corrected chi connectivity index (χ0v) is 15.0. The molecule has 1 aromatic carbocycles. The lowest BCUT2D eigenvalue weighted by Crippen LogP contribution is -2.27. The molecule has 130 valence electrons. The maximum Gasteiger partial charge on any atom is 0.251 e. The Morgan fingerprint density at radius 2 is 2.08 bits per heavy atom. The Labute approximate surface area is 147 Å². The van der Waals surface area contributed by atoms with Crippen LogP contribution in [0.2, 0.25) is 0 Å². The molecule has 0 aliphatic rings. The maximum absolute atomic E-state index is 12.7. The Bertz CT molecular complexity index is 879. The summed E-state index contributed by atoms with van der Waals surface area (Å²) in [6.07, 6.45) is 3.65. The van der Waals surface area contributed by atoms with Crippen molar-refractivity contribution in [1.82, 2.24) is 24.9 Å². The van der Waals surface area contributed by atoms with Crippen LogP contribution in [0.25, 0.3) is 0 Å². The summed E-state index contributed by atoms with van der Waals surface area (Å²) in [5.74, 6) is -0.0857. The number of hydrogen-bond acceptors (Lipinski definition) is 3. The van der Waals surface area contributed by atoms with Crippen molar-refractivity contribution in [3.8, 4) is 0 Å². The first kappa shape index (κ1) is 17.0. The van der Waals surface area contributed by atoms with Gasteiger partial charge in [0.2, 0.25) is 0 Å². The van der Waals surface area contributed by atoms with Crippen LogP contribution < -0.4 is 5.32 Å². The molecule has 0 saturated carbocycles. The van der Waals surface area contributed by atoms with Crippen LogP contribution in [-0.2, 0) is 13.6 Å². The van der Waals surface area contributed by atoms with E-state index in [-0.39, 0.29) is 11.9 Å². The monoisotopic (exact) mass is 337 g/mol. The molecular formula is C19H23N5O. The number of benzene rings is 1. The molecule has 2 aromatic heterocycles. The Balaban J connectivity index is 1.74. The smallest absolute Gasteiger partial charge is 0.251 e. The quantitative estimate of drug-likeness (QED) is 0.778. The van der Waals surface area contributed by atoms with Crippen LogP contribution in [0.1, 0.15) is 45.8 Å². The Morgan fingerprint density at radius 3 is 2.72 bits per heavy atom. The van der Waals surface area contributed by atoms with Crippen LogP contribution in [0.4, 0.5) is 0 Å². The summed E-state index contributed by atoms with van der Waals surface area (Å²) in [4.78, 5) is 12.7. The van der Waals surface area contributed by atoms with Crippen LogP contribution >= 0.6 is 0 Å². The molecule has 0 aliphatic heterocycles. The van der Waals surface area contributed by atoms with Crippen molar-refractivity contribution >= 4 is 5.91 Å². The Morgan fingerprint density at radius 1 is 1.28 bits per heavy atom. The van der Waals surface area contributed by atoms with E-state index in [1.165, 1.54) is 0 Å². The molecule has 6 nitrogen and oxygen atoms in total. The van der Waals surface area contributed by atoms with Crippen molar-refractivity contribution in [1.29, 1.82) is 0 Å². The number of carbonyl (C=O) groups excluding carboxylic acids is 1. The van der Waals surface area contributed by atoms with E-state index in [0.717, 1.165) is 22.5 Å². The number of nitrogens with zero attached hydrogens (tertiary/aromatic N) is 4. The lowest BCUT2D eigenvalue weighted by atomic mass is 10.1. The van der Waals surface area contributed by atoms with E-state index < -0.39 is 0 Å². The minimum absolute atomic E-state index is 0.0857. The Hall–Kier alpha value is -2.89. The minimum Gasteiger partial charge on any atom is -0.345 e. The van der Waals surface area contributed by atoms with Gasteiger partial charge in [-0.05, 0) is 44.5 Å². The molecular weight excluding hydrogens is 314 g/mol. The predicted molar refractivity (Wildman–Crippen MR) is 96.3 cm³/mol. The van der Waals surface area contributed by atoms with Gasteiger partial charge in [-0.15, -0.1) is 0 Å². The zero-order chi connectivity index (χ0) is 18.0. The summed E-state index contributed by atoms with van der Waals surface area (Å²) < 4.78 is 3.68. The normalized spacial score (nSPS) is 12.2. The van der Waals surface area contributed by atoms with Crippen molar-refractivity contribution in [2.45, 2.75) is 33.4 Å². The highest BCUT2D eigenvalue weighted by atomic mass is 16.1. The first-order chi connectivity index (χ1) is 12.0. The van der Waals surface area contributed by atoms with Gasteiger partial charge in [-0.3, -0.25) is 14.2 Å². The van der Waals surface area contributed by atoms with Crippen molar-refractivity contribution in [2.75, 3.05) is 0 Å². The van der Waals surface area contributed by atoms with Gasteiger partial charge in [-0.25, -0.2) is 0 Å². The molecule has 25 heavy (non-hydrogen) atoms. The molecule has 3 rings (SSSR count). The number of aryl methyl sites for hydroxylation is 2. The number of amides is 1. The third-order valence-electron chi connectivity index (χ3n) is 4.44. The molecule has 0 radical (unpaired) electrons. The molecule has 2 heterocycles. The average molecular weight is 337 g/mol. The van der Waals surface area contributed by atoms with Crippen molar-refractivity contribution < 1.29 is 4.79 Å². The SMILES string of the molecule is Cc1nn(C)c(C)c1[C@@H](C)NC(=O)c1cccc(Cn2cccn2)c1. The topological polar surface area (TPSA) is 64.7 Å². The standard InChI is InChI=1S/C19H23N5O/c1-13(18-14(2)22-23(4)15(18)3)21-19(25)17-8-5-7-16(11-17)12-24-10-6-9-20-24/h5-11,13H,12H2,1-4H3,(H,21,25)/t13-/m1/s1. The summed E-state index contributed by atoms with van der Waals surface area (Å²) in [6.45, 7) is 6.62. The maximum atomic E-state index is 12.7. The molecule has 0 bridgehead atoms. The molecule has 0 saturated heterocycles. The minimum atomic E-state index is -0.101. The fourth-order valence-corrected chi connectivity index (χ4v) is 3.16. The van der Waals surface area contributed by atoms with Crippen LogP contribution in [0.15, 0.2) is 42.7 Å². The van der Waals surface area contributed by atoms with Gasteiger partial charge in [0.1, 0.15) is 0 Å². The number of nitrogens with one attached hydrogen (secondary N) is 1. The van der Waals surface area contributed by atoms with E-state index in [0.29, 0.717) is 12.1 Å². The Kier molecular flexibility index (Phi) is 4.70. The van der Waals surface area contributed by atoms with Crippen LogP contribution in [0.3, 0.4) is 0 Å². The van der Waals surface area contributed by atoms with Gasteiger partial charge in [0, 0.05) is 36.3 Å². The number of carbonyl (C=O) groups is 1. The van der Waals surface area contributed by atoms with E-state index in [9.17, 15) is 4.79 Å². The second-order valence-electron chi connectivity index (χ2n) is 6.31. The van der Waals surface area contributed by atoms with Gasteiger partial charge in [-0.2, -0.15) is 10.2 Å². The average Bonchev–Trinajstić information content (AvgIpc) is 3.16. The molecule has 0 spiro atoms. The van der Waals surface area contributed by atoms with Gasteiger partial charge in [0.25, 0.3) is 5.91 Å². The molecule has 0 unspecified atom stereocenters. The van der Waals surface area contributed by atoms with Crippen molar-refractivity contribution in [3.63, 3.8) is 0 Å². The number of hydrogen-bond donors (Lipinski definition) is 1. The largest absolute Gasteiger partial charge is 0.345 e. The summed E-state index contributed by atoms with van der Waals surface area (Å²) in [6, 6.07) is 9.42. The molecule has 1 atom stereocenters. The lowest BCUT2D eigenvalue weighted by molar-refractivity contribution is 0.0939. The van der Waals surface area contributed by atoms with E-state index >= 15 is 0 Å². The fourth-order valence-electron chi connectivity index (χ4n) is 3.16. The second-order valence-corrected chi connectivity index (χ2v) is 6.31. The third kappa shape index (κ3) is 3.63. The highest BCUT2D eigenvalue weighted by molar-refractivity contribution is 5.94. The van der Waals surface area contributed by atoms with Crippen LogP contribution in [0, 0.1) is 13.8 Å². The van der Waals surface area contributed by atoms with Gasteiger partial charge in [0.05, 0.1) is 18.3 Å². The first-order valence-electron chi connectivity index (χ1n) is 8.33. The van der Waals surface area contributed by atoms with E-state index in [2.05, 4.69) is 15.5 Å². The summed E-state index contributed by atoms with van der Waals surface area (Å²) in [5, 5.41) is 11.7.